The van der Waals surface area contributed by atoms with E-state index in [4.69, 9.17) is 0 Å². The molecule has 2 unspecified atom stereocenters. The Balaban J connectivity index is 2.03. The van der Waals surface area contributed by atoms with Crippen molar-refractivity contribution in [3.63, 3.8) is 0 Å². The molecule has 1 heterocycles. The van der Waals surface area contributed by atoms with Gasteiger partial charge in [-0.1, -0.05) is 19.9 Å². The first-order chi connectivity index (χ1) is 8.40. The van der Waals surface area contributed by atoms with Crippen LogP contribution in [0.25, 0.3) is 0 Å². The first kappa shape index (κ1) is 13.5. The summed E-state index contributed by atoms with van der Waals surface area (Å²) in [7, 11) is 2.08. The van der Waals surface area contributed by atoms with Gasteiger partial charge in [-0.2, -0.15) is 0 Å². The minimum absolute atomic E-state index is 0.0406. The maximum Gasteiger partial charge on any atom is 0.0746 e. The van der Waals surface area contributed by atoms with Gasteiger partial charge in [0.25, 0.3) is 0 Å². The van der Waals surface area contributed by atoms with Crippen molar-refractivity contribution in [1.29, 1.82) is 0 Å². The van der Waals surface area contributed by atoms with Crippen molar-refractivity contribution >= 4 is 0 Å². The maximum atomic E-state index is 10.4. The number of hydrogen-bond donors (Lipinski definition) is 1. The first-order valence-corrected chi connectivity index (χ1v) is 6.71. The number of aryl methyl sites for hydroxylation is 1. The van der Waals surface area contributed by atoms with Crippen molar-refractivity contribution in [2.75, 3.05) is 7.05 Å². The van der Waals surface area contributed by atoms with Crippen LogP contribution in [0.5, 0.6) is 0 Å². The zero-order chi connectivity index (χ0) is 13.3. The molecular formula is C15H24N2O. The van der Waals surface area contributed by atoms with E-state index in [0.717, 1.165) is 30.8 Å². The highest BCUT2D eigenvalue weighted by Gasteiger charge is 2.42. The van der Waals surface area contributed by atoms with E-state index in [1.54, 1.807) is 0 Å². The second-order valence-corrected chi connectivity index (χ2v) is 6.22. The lowest BCUT2D eigenvalue weighted by Gasteiger charge is -2.31. The van der Waals surface area contributed by atoms with Crippen LogP contribution in [0.1, 0.15) is 38.1 Å². The highest BCUT2D eigenvalue weighted by atomic mass is 16.3. The smallest absolute Gasteiger partial charge is 0.0746 e. The molecule has 1 N–H and O–H groups in total. The number of aromatic nitrogens is 1. The zero-order valence-corrected chi connectivity index (χ0v) is 11.8. The molecule has 0 spiro atoms. The van der Waals surface area contributed by atoms with Crippen LogP contribution in [0, 0.1) is 12.3 Å². The number of nitrogens with zero attached hydrogens (tertiary/aromatic N) is 2. The quantitative estimate of drug-likeness (QED) is 0.892. The Hall–Kier alpha value is -0.930. The molecule has 2 rings (SSSR count). The van der Waals surface area contributed by atoms with E-state index >= 15 is 0 Å². The molecule has 1 aliphatic carbocycles. The lowest BCUT2D eigenvalue weighted by Crippen LogP contribution is -2.41. The molecule has 0 amide bonds. The standard InChI is InChI=1S/C15H24N2O/c1-11-6-5-7-12(16-11)10-17(4)13-8-9-15(2,3)14(13)18/h5-7,13-14,18H,8-10H2,1-4H3. The van der Waals surface area contributed by atoms with Gasteiger partial charge in [0.05, 0.1) is 11.8 Å². The molecule has 0 saturated heterocycles. The maximum absolute atomic E-state index is 10.4. The molecule has 0 aliphatic heterocycles. The van der Waals surface area contributed by atoms with Gasteiger partial charge in [0.1, 0.15) is 0 Å². The molecule has 3 nitrogen and oxygen atoms in total. The predicted molar refractivity (Wildman–Crippen MR) is 73.3 cm³/mol. The van der Waals surface area contributed by atoms with Crippen molar-refractivity contribution in [2.24, 2.45) is 5.41 Å². The van der Waals surface area contributed by atoms with E-state index in [-0.39, 0.29) is 17.6 Å². The van der Waals surface area contributed by atoms with Gasteiger partial charge >= 0.3 is 0 Å². The highest BCUT2D eigenvalue weighted by Crippen LogP contribution is 2.39. The van der Waals surface area contributed by atoms with Gasteiger partial charge in [-0.05, 0) is 44.4 Å². The summed E-state index contributed by atoms with van der Waals surface area (Å²) in [6, 6.07) is 6.36. The second-order valence-electron chi connectivity index (χ2n) is 6.22. The molecule has 18 heavy (non-hydrogen) atoms. The van der Waals surface area contributed by atoms with Crippen LogP contribution < -0.4 is 0 Å². The van der Waals surface area contributed by atoms with E-state index in [1.807, 2.05) is 19.1 Å². The van der Waals surface area contributed by atoms with Crippen LogP contribution in [0.15, 0.2) is 18.2 Å². The summed E-state index contributed by atoms with van der Waals surface area (Å²) in [4.78, 5) is 6.76. The average Bonchev–Trinajstić information content (AvgIpc) is 2.54. The molecule has 0 radical (unpaired) electrons. The fourth-order valence-electron chi connectivity index (χ4n) is 2.87. The topological polar surface area (TPSA) is 36.4 Å². The molecule has 1 aromatic heterocycles. The van der Waals surface area contributed by atoms with Crippen molar-refractivity contribution < 1.29 is 5.11 Å². The third kappa shape index (κ3) is 2.73. The predicted octanol–water partition coefficient (Wildman–Crippen LogP) is 2.37. The van der Waals surface area contributed by atoms with Crippen molar-refractivity contribution in [3.8, 4) is 0 Å². The minimum Gasteiger partial charge on any atom is -0.391 e. The summed E-state index contributed by atoms with van der Waals surface area (Å²) < 4.78 is 0. The molecule has 1 aliphatic rings. The van der Waals surface area contributed by atoms with Crippen LogP contribution >= 0.6 is 0 Å². The van der Waals surface area contributed by atoms with Gasteiger partial charge in [0.2, 0.25) is 0 Å². The van der Waals surface area contributed by atoms with Crippen molar-refractivity contribution in [1.82, 2.24) is 9.88 Å². The molecule has 1 saturated carbocycles. The van der Waals surface area contributed by atoms with Crippen LogP contribution in [0.4, 0.5) is 0 Å². The molecule has 1 aromatic rings. The molecule has 0 aromatic carbocycles. The van der Waals surface area contributed by atoms with Gasteiger partial charge < -0.3 is 5.11 Å². The highest BCUT2D eigenvalue weighted by molar-refractivity contribution is 5.10. The van der Waals surface area contributed by atoms with E-state index < -0.39 is 0 Å². The number of aliphatic hydroxyl groups excluding tert-OH is 1. The Kier molecular flexibility index (Phi) is 3.74. The fraction of sp³-hybridized carbons (Fsp3) is 0.667. The Bertz CT molecular complexity index is 417. The molecule has 0 bridgehead atoms. The van der Waals surface area contributed by atoms with Gasteiger partial charge in [-0.3, -0.25) is 9.88 Å². The van der Waals surface area contributed by atoms with Crippen LogP contribution in [-0.4, -0.2) is 34.2 Å². The van der Waals surface area contributed by atoms with E-state index in [2.05, 4.69) is 36.8 Å². The van der Waals surface area contributed by atoms with Crippen molar-refractivity contribution in [2.45, 2.75) is 52.3 Å². The summed E-state index contributed by atoms with van der Waals surface area (Å²) in [5.74, 6) is 0. The SMILES string of the molecule is Cc1cccc(CN(C)C2CCC(C)(C)C2O)n1. The van der Waals surface area contributed by atoms with E-state index in [1.165, 1.54) is 0 Å². The van der Waals surface area contributed by atoms with Crippen LogP contribution in [-0.2, 0) is 6.54 Å². The van der Waals surface area contributed by atoms with Crippen LogP contribution in [0.3, 0.4) is 0 Å². The summed E-state index contributed by atoms with van der Waals surface area (Å²) in [5.41, 5.74) is 2.17. The number of hydrogen-bond acceptors (Lipinski definition) is 3. The monoisotopic (exact) mass is 248 g/mol. The normalized spacial score (nSPS) is 26.8. The Labute approximate surface area is 110 Å². The number of pyridine rings is 1. The van der Waals surface area contributed by atoms with Crippen molar-refractivity contribution in [3.05, 3.63) is 29.6 Å². The van der Waals surface area contributed by atoms with E-state index in [9.17, 15) is 5.11 Å². The lowest BCUT2D eigenvalue weighted by molar-refractivity contribution is 0.0205. The first-order valence-electron chi connectivity index (χ1n) is 6.71. The Morgan fingerprint density at radius 1 is 1.44 bits per heavy atom. The number of rotatable bonds is 3. The largest absolute Gasteiger partial charge is 0.391 e. The number of likely N-dealkylation sites (N-methyl/N-ethyl adjacent to an activating group) is 1. The molecular weight excluding hydrogens is 224 g/mol. The summed E-state index contributed by atoms with van der Waals surface area (Å²) >= 11 is 0. The Morgan fingerprint density at radius 3 is 2.72 bits per heavy atom. The van der Waals surface area contributed by atoms with Gasteiger partial charge in [-0.15, -0.1) is 0 Å². The van der Waals surface area contributed by atoms with Gasteiger partial charge in [-0.25, -0.2) is 0 Å². The average molecular weight is 248 g/mol. The third-order valence-corrected chi connectivity index (χ3v) is 4.17. The molecule has 2 atom stereocenters. The zero-order valence-electron chi connectivity index (χ0n) is 11.8. The molecule has 3 heteroatoms. The van der Waals surface area contributed by atoms with Gasteiger partial charge in [0, 0.05) is 18.3 Å². The van der Waals surface area contributed by atoms with E-state index in [0.29, 0.717) is 0 Å². The molecule has 100 valence electrons. The summed E-state index contributed by atoms with van der Waals surface area (Å²) in [5, 5.41) is 10.4. The number of aliphatic hydroxyl groups is 1. The lowest BCUT2D eigenvalue weighted by atomic mass is 9.88. The Morgan fingerprint density at radius 2 is 2.17 bits per heavy atom. The minimum atomic E-state index is -0.243. The third-order valence-electron chi connectivity index (χ3n) is 4.17. The summed E-state index contributed by atoms with van der Waals surface area (Å²) in [6.07, 6.45) is 1.91. The fourth-order valence-corrected chi connectivity index (χ4v) is 2.87. The van der Waals surface area contributed by atoms with Crippen LogP contribution in [0.2, 0.25) is 0 Å². The second kappa shape index (κ2) is 4.98. The molecule has 1 fully saturated rings. The van der Waals surface area contributed by atoms with Gasteiger partial charge in [0.15, 0.2) is 0 Å². The summed E-state index contributed by atoms with van der Waals surface area (Å²) in [6.45, 7) is 7.11.